The summed E-state index contributed by atoms with van der Waals surface area (Å²) in [5.41, 5.74) is 2.28. The van der Waals surface area contributed by atoms with Crippen LogP contribution in [0.5, 0.6) is 0 Å². The van der Waals surface area contributed by atoms with E-state index in [2.05, 4.69) is 15.9 Å². The number of anilines is 1. The zero-order valence-corrected chi connectivity index (χ0v) is 12.9. The van der Waals surface area contributed by atoms with Gasteiger partial charge in [0.2, 0.25) is 0 Å². The first-order valence-corrected chi connectivity index (χ1v) is 7.16. The first-order valence-electron chi connectivity index (χ1n) is 6.36. The lowest BCUT2D eigenvalue weighted by atomic mass is 10.1. The Morgan fingerprint density at radius 2 is 1.85 bits per heavy atom. The van der Waals surface area contributed by atoms with Crippen LogP contribution in [0.4, 0.5) is 10.1 Å². The molecule has 0 saturated heterocycles. The summed E-state index contributed by atoms with van der Waals surface area (Å²) in [7, 11) is 0. The molecular weight excluding hydrogens is 321 g/mol. The van der Waals surface area contributed by atoms with E-state index in [0.29, 0.717) is 16.6 Å². The molecule has 0 saturated carbocycles. The molecule has 0 aliphatic rings. The second-order valence-corrected chi connectivity index (χ2v) is 5.37. The fourth-order valence-corrected chi connectivity index (χ4v) is 2.20. The summed E-state index contributed by atoms with van der Waals surface area (Å²) in [5, 5.41) is 0. The maximum absolute atomic E-state index is 13.5. The molecular formula is C16H15BrFNO. The second kappa shape index (κ2) is 6.18. The summed E-state index contributed by atoms with van der Waals surface area (Å²) in [4.78, 5) is 14.1. The summed E-state index contributed by atoms with van der Waals surface area (Å²) in [6, 6.07) is 12.1. The smallest absolute Gasteiger partial charge is 0.258 e. The number of carbonyl (C=O) groups is 1. The quantitative estimate of drug-likeness (QED) is 0.804. The van der Waals surface area contributed by atoms with E-state index in [1.807, 2.05) is 38.1 Å². The average Bonchev–Trinajstić information content (AvgIpc) is 2.44. The Bertz CT molecular complexity index is 625. The van der Waals surface area contributed by atoms with Gasteiger partial charge in [0.15, 0.2) is 0 Å². The Kier molecular flexibility index (Phi) is 4.55. The van der Waals surface area contributed by atoms with Gasteiger partial charge in [0.25, 0.3) is 5.91 Å². The highest BCUT2D eigenvalue weighted by Gasteiger charge is 2.17. The van der Waals surface area contributed by atoms with E-state index in [9.17, 15) is 9.18 Å². The normalized spacial score (nSPS) is 10.4. The molecule has 0 bridgehead atoms. The Morgan fingerprint density at radius 3 is 2.40 bits per heavy atom. The lowest BCUT2D eigenvalue weighted by Crippen LogP contribution is -2.30. The molecule has 104 valence electrons. The number of benzene rings is 2. The van der Waals surface area contributed by atoms with Crippen molar-refractivity contribution in [3.05, 3.63) is 63.9 Å². The Morgan fingerprint density at radius 1 is 1.20 bits per heavy atom. The largest absolute Gasteiger partial charge is 0.309 e. The third-order valence-electron chi connectivity index (χ3n) is 3.07. The molecule has 0 aliphatic carbocycles. The molecule has 0 fully saturated rings. The standard InChI is InChI=1S/C16H15BrFNO/c1-3-19(13-7-4-11(2)5-8-13)16(20)12-6-9-14(17)15(18)10-12/h4-10H,3H2,1-2H3. The molecule has 0 heterocycles. The first kappa shape index (κ1) is 14.7. The maximum Gasteiger partial charge on any atom is 0.258 e. The van der Waals surface area contributed by atoms with E-state index in [1.165, 1.54) is 6.07 Å². The predicted molar refractivity (Wildman–Crippen MR) is 82.6 cm³/mol. The van der Waals surface area contributed by atoms with E-state index in [0.717, 1.165) is 11.3 Å². The predicted octanol–water partition coefficient (Wildman–Crippen LogP) is 4.56. The number of nitrogens with zero attached hydrogens (tertiary/aromatic N) is 1. The summed E-state index contributed by atoms with van der Waals surface area (Å²) in [6.07, 6.45) is 0. The van der Waals surface area contributed by atoms with Gasteiger partial charge < -0.3 is 4.90 Å². The van der Waals surface area contributed by atoms with Crippen molar-refractivity contribution in [2.45, 2.75) is 13.8 Å². The van der Waals surface area contributed by atoms with Gasteiger partial charge in [-0.2, -0.15) is 0 Å². The van der Waals surface area contributed by atoms with Crippen LogP contribution in [0, 0.1) is 12.7 Å². The Balaban J connectivity index is 2.33. The first-order chi connectivity index (χ1) is 9.52. The molecule has 4 heteroatoms. The van der Waals surface area contributed by atoms with Crippen LogP contribution in [-0.2, 0) is 0 Å². The molecule has 0 spiro atoms. The molecule has 0 radical (unpaired) electrons. The van der Waals surface area contributed by atoms with E-state index >= 15 is 0 Å². The highest BCUT2D eigenvalue weighted by molar-refractivity contribution is 9.10. The molecule has 0 unspecified atom stereocenters. The molecule has 20 heavy (non-hydrogen) atoms. The molecule has 0 aromatic heterocycles. The fourth-order valence-electron chi connectivity index (χ4n) is 1.95. The molecule has 0 N–H and O–H groups in total. The summed E-state index contributed by atoms with van der Waals surface area (Å²) in [6.45, 7) is 4.42. The monoisotopic (exact) mass is 335 g/mol. The SMILES string of the molecule is CCN(C(=O)c1ccc(Br)c(F)c1)c1ccc(C)cc1. The van der Waals surface area contributed by atoms with Crippen molar-refractivity contribution < 1.29 is 9.18 Å². The fraction of sp³-hybridized carbons (Fsp3) is 0.188. The van der Waals surface area contributed by atoms with Crippen molar-refractivity contribution >= 4 is 27.5 Å². The Hall–Kier alpha value is -1.68. The van der Waals surface area contributed by atoms with E-state index < -0.39 is 5.82 Å². The second-order valence-electron chi connectivity index (χ2n) is 4.51. The van der Waals surface area contributed by atoms with Gasteiger partial charge in [-0.25, -0.2) is 4.39 Å². The molecule has 0 atom stereocenters. The minimum absolute atomic E-state index is 0.206. The third-order valence-corrected chi connectivity index (χ3v) is 3.72. The zero-order valence-electron chi connectivity index (χ0n) is 11.4. The van der Waals surface area contributed by atoms with Gasteiger partial charge in [-0.05, 0) is 60.1 Å². The third kappa shape index (κ3) is 3.07. The molecule has 2 rings (SSSR count). The Labute approximate surface area is 126 Å². The lowest BCUT2D eigenvalue weighted by molar-refractivity contribution is 0.0988. The van der Waals surface area contributed by atoms with E-state index in [1.54, 1.807) is 17.0 Å². The summed E-state index contributed by atoms with van der Waals surface area (Å²) < 4.78 is 13.9. The van der Waals surface area contributed by atoms with Crippen LogP contribution in [0.25, 0.3) is 0 Å². The van der Waals surface area contributed by atoms with Gasteiger partial charge in [0.05, 0.1) is 4.47 Å². The van der Waals surface area contributed by atoms with Crippen LogP contribution in [0.1, 0.15) is 22.8 Å². The minimum Gasteiger partial charge on any atom is -0.309 e. The molecule has 2 aromatic carbocycles. The van der Waals surface area contributed by atoms with Crippen LogP contribution in [0.3, 0.4) is 0 Å². The van der Waals surface area contributed by atoms with Crippen molar-refractivity contribution in [2.24, 2.45) is 0 Å². The van der Waals surface area contributed by atoms with Crippen molar-refractivity contribution in [1.82, 2.24) is 0 Å². The highest BCUT2D eigenvalue weighted by Crippen LogP contribution is 2.21. The van der Waals surface area contributed by atoms with Crippen molar-refractivity contribution in [3.63, 3.8) is 0 Å². The molecule has 1 amide bonds. The van der Waals surface area contributed by atoms with Gasteiger partial charge in [-0.3, -0.25) is 4.79 Å². The van der Waals surface area contributed by atoms with E-state index in [-0.39, 0.29) is 5.91 Å². The topological polar surface area (TPSA) is 20.3 Å². The molecule has 2 nitrogen and oxygen atoms in total. The van der Waals surface area contributed by atoms with Crippen LogP contribution in [-0.4, -0.2) is 12.5 Å². The minimum atomic E-state index is -0.434. The number of rotatable bonds is 3. The van der Waals surface area contributed by atoms with Gasteiger partial charge in [0.1, 0.15) is 5.82 Å². The number of carbonyl (C=O) groups excluding carboxylic acids is 1. The number of hydrogen-bond acceptors (Lipinski definition) is 1. The number of hydrogen-bond donors (Lipinski definition) is 0. The van der Waals surface area contributed by atoms with Gasteiger partial charge in [0, 0.05) is 17.8 Å². The summed E-state index contributed by atoms with van der Waals surface area (Å²) in [5.74, 6) is -0.640. The molecule has 2 aromatic rings. The zero-order chi connectivity index (χ0) is 14.7. The lowest BCUT2D eigenvalue weighted by Gasteiger charge is -2.21. The van der Waals surface area contributed by atoms with Crippen molar-refractivity contribution in [2.75, 3.05) is 11.4 Å². The van der Waals surface area contributed by atoms with Gasteiger partial charge in [-0.1, -0.05) is 17.7 Å². The van der Waals surface area contributed by atoms with E-state index in [4.69, 9.17) is 0 Å². The van der Waals surface area contributed by atoms with Crippen LogP contribution < -0.4 is 4.90 Å². The highest BCUT2D eigenvalue weighted by atomic mass is 79.9. The van der Waals surface area contributed by atoms with Crippen LogP contribution >= 0.6 is 15.9 Å². The van der Waals surface area contributed by atoms with Crippen molar-refractivity contribution in [1.29, 1.82) is 0 Å². The number of aryl methyl sites for hydroxylation is 1. The van der Waals surface area contributed by atoms with Crippen LogP contribution in [0.15, 0.2) is 46.9 Å². The summed E-state index contributed by atoms with van der Waals surface area (Å²) >= 11 is 3.09. The van der Waals surface area contributed by atoms with Crippen molar-refractivity contribution in [3.8, 4) is 0 Å². The van der Waals surface area contributed by atoms with Gasteiger partial charge >= 0.3 is 0 Å². The maximum atomic E-state index is 13.5. The number of amides is 1. The molecule has 0 aliphatic heterocycles. The van der Waals surface area contributed by atoms with Gasteiger partial charge in [-0.15, -0.1) is 0 Å². The van der Waals surface area contributed by atoms with Crippen LogP contribution in [0.2, 0.25) is 0 Å². The number of halogens is 2. The average molecular weight is 336 g/mol.